The van der Waals surface area contributed by atoms with E-state index in [9.17, 15) is 24.2 Å². The third-order valence-electron chi connectivity index (χ3n) is 10.0. The molecule has 1 aromatic carbocycles. The second-order valence-corrected chi connectivity index (χ2v) is 11.5. The number of carbonyl (C=O) groups excluding carboxylic acids is 2. The van der Waals surface area contributed by atoms with Crippen molar-refractivity contribution in [3.8, 4) is 0 Å². The van der Waals surface area contributed by atoms with Crippen molar-refractivity contribution in [2.75, 3.05) is 6.61 Å². The number of aliphatic hydroxyl groups excluding tert-OH is 2. The molecule has 1 saturated heterocycles. The molecule has 6 nitrogen and oxygen atoms in total. The van der Waals surface area contributed by atoms with Crippen molar-refractivity contribution >= 4 is 11.6 Å². The maximum Gasteiger partial charge on any atom is 0.193 e. The van der Waals surface area contributed by atoms with Crippen LogP contribution in [0.25, 0.3) is 0 Å². The summed E-state index contributed by atoms with van der Waals surface area (Å²) in [6.45, 7) is 2.33. The predicted molar refractivity (Wildman–Crippen MR) is 124 cm³/mol. The van der Waals surface area contributed by atoms with Gasteiger partial charge in [0.25, 0.3) is 0 Å². The number of aliphatic hydroxyl groups is 2. The van der Waals surface area contributed by atoms with Crippen LogP contribution in [0.2, 0.25) is 0 Å². The standard InChI is InChI=1S/C28H29F3O6/c1-25-7-6-16(33)9-19(25)20(30)10-18-17-11-23-28(22(35)13-32,26(17,2)12-21(34)27(18,25)31)37-24(36-23)14-4-3-5-15(29)8-14/h3-9,17-18,20-21,23-24,32,34H,10-13H2,1-2H3/t17-,18?,20-,21-,23+,24+,25-,26-,27-,28+/m0/s1. The normalized spacial score (nSPS) is 48.1. The topological polar surface area (TPSA) is 93.1 Å². The Kier molecular flexibility index (Phi) is 5.30. The fourth-order valence-electron chi connectivity index (χ4n) is 8.37. The van der Waals surface area contributed by atoms with E-state index in [1.54, 1.807) is 13.0 Å². The lowest BCUT2D eigenvalue weighted by Crippen LogP contribution is -2.70. The minimum absolute atomic E-state index is 0.0133. The van der Waals surface area contributed by atoms with Crippen molar-refractivity contribution in [3.05, 3.63) is 59.4 Å². The Morgan fingerprint density at radius 3 is 2.68 bits per heavy atom. The van der Waals surface area contributed by atoms with Crippen LogP contribution in [-0.2, 0) is 19.1 Å². The molecule has 0 aromatic heterocycles. The number of carbonyl (C=O) groups is 2. The number of hydrogen-bond acceptors (Lipinski definition) is 6. The molecule has 5 aliphatic rings. The zero-order chi connectivity index (χ0) is 26.5. The molecular weight excluding hydrogens is 489 g/mol. The largest absolute Gasteiger partial charge is 0.390 e. The Morgan fingerprint density at radius 1 is 1.22 bits per heavy atom. The summed E-state index contributed by atoms with van der Waals surface area (Å²) in [4.78, 5) is 25.4. The smallest absolute Gasteiger partial charge is 0.193 e. The van der Waals surface area contributed by atoms with Gasteiger partial charge in [-0.25, -0.2) is 13.2 Å². The molecule has 1 unspecified atom stereocenters. The molecule has 3 saturated carbocycles. The van der Waals surface area contributed by atoms with Crippen LogP contribution in [0.5, 0.6) is 0 Å². The Hall–Kier alpha value is -2.33. The van der Waals surface area contributed by atoms with Crippen LogP contribution in [0.4, 0.5) is 13.2 Å². The number of rotatable bonds is 3. The summed E-state index contributed by atoms with van der Waals surface area (Å²) in [6.07, 6.45) is -1.96. The van der Waals surface area contributed by atoms with Gasteiger partial charge in [0.2, 0.25) is 0 Å². The van der Waals surface area contributed by atoms with Gasteiger partial charge in [-0.05, 0) is 62.0 Å². The molecule has 1 aromatic rings. The Balaban J connectivity index is 1.45. The zero-order valence-corrected chi connectivity index (χ0v) is 20.5. The van der Waals surface area contributed by atoms with Gasteiger partial charge in [0.05, 0.1) is 12.2 Å². The first kappa shape index (κ1) is 25.0. The quantitative estimate of drug-likeness (QED) is 0.637. The Morgan fingerprint density at radius 2 is 1.97 bits per heavy atom. The zero-order valence-electron chi connectivity index (χ0n) is 20.5. The lowest BCUT2D eigenvalue weighted by atomic mass is 9.44. The van der Waals surface area contributed by atoms with Gasteiger partial charge in [-0.2, -0.15) is 0 Å². The van der Waals surface area contributed by atoms with Crippen molar-refractivity contribution < 1.29 is 42.4 Å². The Labute approximate surface area is 212 Å². The summed E-state index contributed by atoms with van der Waals surface area (Å²) < 4.78 is 59.3. The molecule has 4 fully saturated rings. The van der Waals surface area contributed by atoms with Crippen molar-refractivity contribution in [2.24, 2.45) is 22.7 Å². The van der Waals surface area contributed by atoms with Gasteiger partial charge < -0.3 is 19.7 Å². The van der Waals surface area contributed by atoms with Crippen LogP contribution in [0.15, 0.2) is 48.1 Å². The molecule has 198 valence electrons. The van der Waals surface area contributed by atoms with Crippen molar-refractivity contribution in [3.63, 3.8) is 0 Å². The fraction of sp³-hybridized carbons (Fsp3) is 0.571. The van der Waals surface area contributed by atoms with E-state index in [0.717, 1.165) is 6.08 Å². The number of fused-ring (bicyclic) bond motifs is 7. The van der Waals surface area contributed by atoms with E-state index in [2.05, 4.69) is 0 Å². The summed E-state index contributed by atoms with van der Waals surface area (Å²) in [5, 5.41) is 21.4. The maximum atomic E-state index is 17.3. The van der Waals surface area contributed by atoms with Crippen molar-refractivity contribution in [1.29, 1.82) is 0 Å². The van der Waals surface area contributed by atoms with Crippen LogP contribution in [0.1, 0.15) is 45.0 Å². The molecule has 0 spiro atoms. The molecule has 1 aliphatic heterocycles. The number of hydrogen-bond donors (Lipinski definition) is 2. The highest BCUT2D eigenvalue weighted by atomic mass is 19.1. The average Bonchev–Trinajstić information content (AvgIpc) is 3.35. The van der Waals surface area contributed by atoms with Gasteiger partial charge >= 0.3 is 0 Å². The van der Waals surface area contributed by atoms with E-state index in [0.29, 0.717) is 5.56 Å². The van der Waals surface area contributed by atoms with Crippen LogP contribution < -0.4 is 0 Å². The van der Waals surface area contributed by atoms with E-state index in [1.807, 2.05) is 0 Å². The summed E-state index contributed by atoms with van der Waals surface area (Å²) in [5.41, 5.74) is -6.47. The molecule has 0 amide bonds. The highest BCUT2D eigenvalue weighted by Crippen LogP contribution is 2.72. The molecule has 6 rings (SSSR count). The lowest BCUT2D eigenvalue weighted by Gasteiger charge is -2.63. The van der Waals surface area contributed by atoms with Crippen molar-refractivity contribution in [2.45, 2.75) is 69.0 Å². The third kappa shape index (κ3) is 2.91. The first-order valence-electron chi connectivity index (χ1n) is 12.6. The maximum absolute atomic E-state index is 17.3. The van der Waals surface area contributed by atoms with Crippen LogP contribution in [-0.4, -0.2) is 58.0 Å². The minimum Gasteiger partial charge on any atom is -0.390 e. The number of halogens is 3. The first-order valence-corrected chi connectivity index (χ1v) is 12.6. The molecule has 0 bridgehead atoms. The SMILES string of the molecule is C[C@]12C=CC(=O)C=C1[C@@H](F)CC1[C@@H]3C[C@H]4O[C@@H](c5cccc(F)c5)O[C@@]4(C(=O)CO)[C@@]3(C)C[C@H](O)[C@@]12F. The minimum atomic E-state index is -2.31. The van der Waals surface area contributed by atoms with Gasteiger partial charge in [0, 0.05) is 22.3 Å². The Bertz CT molecular complexity index is 1250. The molecule has 2 N–H and O–H groups in total. The first-order chi connectivity index (χ1) is 17.4. The van der Waals surface area contributed by atoms with Gasteiger partial charge in [0.15, 0.2) is 29.1 Å². The van der Waals surface area contributed by atoms with Gasteiger partial charge in [-0.1, -0.05) is 25.1 Å². The highest BCUT2D eigenvalue weighted by Gasteiger charge is 2.80. The highest BCUT2D eigenvalue weighted by molar-refractivity contribution is 6.01. The number of alkyl halides is 2. The second-order valence-electron chi connectivity index (χ2n) is 11.5. The summed E-state index contributed by atoms with van der Waals surface area (Å²) in [6, 6.07) is 5.56. The van der Waals surface area contributed by atoms with E-state index in [4.69, 9.17) is 9.47 Å². The predicted octanol–water partition coefficient (Wildman–Crippen LogP) is 3.47. The average molecular weight is 519 g/mol. The molecule has 4 aliphatic carbocycles. The molecule has 0 radical (unpaired) electrons. The summed E-state index contributed by atoms with van der Waals surface area (Å²) >= 11 is 0. The van der Waals surface area contributed by atoms with Gasteiger partial charge in [-0.15, -0.1) is 0 Å². The summed E-state index contributed by atoms with van der Waals surface area (Å²) in [7, 11) is 0. The van der Waals surface area contributed by atoms with Gasteiger partial charge in [-0.3, -0.25) is 9.59 Å². The molecule has 37 heavy (non-hydrogen) atoms. The second kappa shape index (κ2) is 7.85. The fourth-order valence-corrected chi connectivity index (χ4v) is 8.37. The van der Waals surface area contributed by atoms with E-state index < -0.39 is 82.6 Å². The third-order valence-corrected chi connectivity index (χ3v) is 10.0. The van der Waals surface area contributed by atoms with E-state index in [1.165, 1.54) is 37.3 Å². The number of benzene rings is 1. The van der Waals surface area contributed by atoms with Crippen LogP contribution in [0, 0.1) is 28.5 Å². The number of ketones is 2. The number of allylic oxidation sites excluding steroid dienone is 4. The number of Topliss-reactive ketones (excluding diaryl/α,β-unsaturated/α-hetero) is 1. The molecular formula is C28H29F3O6. The van der Waals surface area contributed by atoms with Crippen LogP contribution >= 0.6 is 0 Å². The molecule has 9 heteroatoms. The molecule has 1 heterocycles. The van der Waals surface area contributed by atoms with Crippen molar-refractivity contribution in [1.82, 2.24) is 0 Å². The van der Waals surface area contributed by atoms with E-state index in [-0.39, 0.29) is 24.8 Å². The summed E-state index contributed by atoms with van der Waals surface area (Å²) in [5.74, 6) is -3.29. The number of ether oxygens (including phenoxy) is 2. The molecule has 10 atom stereocenters. The monoisotopic (exact) mass is 518 g/mol. The lowest BCUT2D eigenvalue weighted by molar-refractivity contribution is -0.235. The van der Waals surface area contributed by atoms with Gasteiger partial charge in [0.1, 0.15) is 18.6 Å². The van der Waals surface area contributed by atoms with E-state index >= 15 is 8.78 Å². The van der Waals surface area contributed by atoms with Crippen LogP contribution in [0.3, 0.4) is 0 Å².